The maximum Gasteiger partial charge on any atom is 0.416 e. The third kappa shape index (κ3) is 2.99. The third-order valence-electron chi connectivity index (χ3n) is 2.79. The van der Waals surface area contributed by atoms with Gasteiger partial charge in [0.05, 0.1) is 12.7 Å². The minimum atomic E-state index is -4.54. The van der Waals surface area contributed by atoms with Crippen molar-refractivity contribution in [3.8, 4) is 0 Å². The van der Waals surface area contributed by atoms with E-state index in [4.69, 9.17) is 0 Å². The average Bonchev–Trinajstić information content (AvgIpc) is 2.73. The molecule has 0 atom stereocenters. The first-order valence-electron chi connectivity index (χ1n) is 5.59. The largest absolute Gasteiger partial charge is 0.465 e. The molecule has 112 valence electrons. The Morgan fingerprint density at radius 2 is 1.90 bits per heavy atom. The van der Waals surface area contributed by atoms with Gasteiger partial charge in [0.15, 0.2) is 4.91 Å². The van der Waals surface area contributed by atoms with Crippen LogP contribution in [0, 0.1) is 0 Å². The lowest BCUT2D eigenvalue weighted by Crippen LogP contribution is -2.10. The SMILES string of the molecule is COC(=O)C1=CC(c2cccc(C(F)(F)F)c2)=CS1(=O)=O. The first kappa shape index (κ1) is 15.3. The van der Waals surface area contributed by atoms with E-state index in [1.54, 1.807) is 0 Å². The monoisotopic (exact) mass is 318 g/mol. The van der Waals surface area contributed by atoms with Gasteiger partial charge in [0.25, 0.3) is 0 Å². The second-order valence-electron chi connectivity index (χ2n) is 4.20. The van der Waals surface area contributed by atoms with Crippen molar-refractivity contribution in [2.45, 2.75) is 6.18 Å². The molecule has 0 aromatic heterocycles. The van der Waals surface area contributed by atoms with Crippen LogP contribution >= 0.6 is 0 Å². The lowest BCUT2D eigenvalue weighted by atomic mass is 10.0. The van der Waals surface area contributed by atoms with Gasteiger partial charge in [0.2, 0.25) is 9.84 Å². The number of alkyl halides is 3. The number of sulfone groups is 1. The molecule has 0 amide bonds. The van der Waals surface area contributed by atoms with Crippen LogP contribution < -0.4 is 0 Å². The lowest BCUT2D eigenvalue weighted by Gasteiger charge is -2.08. The predicted molar refractivity (Wildman–Crippen MR) is 68.4 cm³/mol. The first-order chi connectivity index (χ1) is 9.65. The zero-order valence-corrected chi connectivity index (χ0v) is 11.5. The van der Waals surface area contributed by atoms with Crippen LogP contribution in [0.3, 0.4) is 0 Å². The Kier molecular flexibility index (Phi) is 3.66. The van der Waals surface area contributed by atoms with Crippen molar-refractivity contribution in [2.24, 2.45) is 0 Å². The Morgan fingerprint density at radius 3 is 2.48 bits per heavy atom. The van der Waals surface area contributed by atoms with Gasteiger partial charge < -0.3 is 4.74 Å². The van der Waals surface area contributed by atoms with Crippen LogP contribution in [0.1, 0.15) is 11.1 Å². The average molecular weight is 318 g/mol. The molecule has 0 unspecified atom stereocenters. The number of carbonyl (C=O) groups excluding carboxylic acids is 1. The van der Waals surface area contributed by atoms with Crippen LogP contribution in [0.5, 0.6) is 0 Å². The van der Waals surface area contributed by atoms with E-state index in [2.05, 4.69) is 4.74 Å². The lowest BCUT2D eigenvalue weighted by molar-refractivity contribution is -0.137. The molecule has 21 heavy (non-hydrogen) atoms. The molecule has 1 aliphatic heterocycles. The van der Waals surface area contributed by atoms with Crippen molar-refractivity contribution < 1.29 is 31.1 Å². The van der Waals surface area contributed by atoms with Crippen LogP contribution in [0.2, 0.25) is 0 Å². The fourth-order valence-electron chi connectivity index (χ4n) is 1.79. The molecule has 0 N–H and O–H groups in total. The zero-order chi connectivity index (χ0) is 15.8. The first-order valence-corrected chi connectivity index (χ1v) is 7.14. The summed E-state index contributed by atoms with van der Waals surface area (Å²) >= 11 is 0. The highest BCUT2D eigenvalue weighted by Crippen LogP contribution is 2.34. The third-order valence-corrected chi connectivity index (χ3v) is 4.25. The minimum Gasteiger partial charge on any atom is -0.465 e. The van der Waals surface area contributed by atoms with E-state index in [0.29, 0.717) is 0 Å². The van der Waals surface area contributed by atoms with Crippen molar-refractivity contribution in [1.82, 2.24) is 0 Å². The fourth-order valence-corrected chi connectivity index (χ4v) is 3.06. The minimum absolute atomic E-state index is 0.00139. The smallest absolute Gasteiger partial charge is 0.416 e. The Morgan fingerprint density at radius 1 is 1.24 bits per heavy atom. The number of benzene rings is 1. The summed E-state index contributed by atoms with van der Waals surface area (Å²) in [4.78, 5) is 10.8. The number of allylic oxidation sites excluding steroid dienone is 2. The quantitative estimate of drug-likeness (QED) is 0.786. The molecule has 0 saturated heterocycles. The van der Waals surface area contributed by atoms with Crippen LogP contribution in [0.25, 0.3) is 5.57 Å². The van der Waals surface area contributed by atoms with Crippen LogP contribution in [0.4, 0.5) is 13.2 Å². The van der Waals surface area contributed by atoms with E-state index >= 15 is 0 Å². The highest BCUT2D eigenvalue weighted by atomic mass is 32.2. The number of methoxy groups -OCH3 is 1. The van der Waals surface area contributed by atoms with Gasteiger partial charge in [-0.05, 0) is 29.3 Å². The van der Waals surface area contributed by atoms with Gasteiger partial charge in [-0.3, -0.25) is 0 Å². The Bertz CT molecular complexity index is 758. The number of esters is 1. The molecule has 4 nitrogen and oxygen atoms in total. The molecule has 1 aliphatic rings. The van der Waals surface area contributed by atoms with E-state index in [1.165, 1.54) is 6.07 Å². The number of halogens is 3. The maximum absolute atomic E-state index is 12.6. The summed E-state index contributed by atoms with van der Waals surface area (Å²) in [6.45, 7) is 0. The second kappa shape index (κ2) is 5.03. The van der Waals surface area contributed by atoms with E-state index in [0.717, 1.165) is 36.8 Å². The maximum atomic E-state index is 12.6. The van der Waals surface area contributed by atoms with Crippen molar-refractivity contribution in [3.05, 3.63) is 51.8 Å². The molecule has 1 aromatic rings. The topological polar surface area (TPSA) is 60.4 Å². The zero-order valence-electron chi connectivity index (χ0n) is 10.6. The Hall–Kier alpha value is -2.09. The number of carbonyl (C=O) groups is 1. The van der Waals surface area contributed by atoms with E-state index in [-0.39, 0.29) is 11.1 Å². The summed E-state index contributed by atoms with van der Waals surface area (Å²) in [6, 6.07) is 4.18. The molecular formula is C13H9F3O4S. The highest BCUT2D eigenvalue weighted by Gasteiger charge is 2.33. The summed E-state index contributed by atoms with van der Waals surface area (Å²) in [5.41, 5.74) is -0.855. The standard InChI is InChI=1S/C13H9F3O4S/c1-20-12(17)11-6-9(7-21(11,18)19)8-3-2-4-10(5-8)13(14,15)16/h2-7H,1H3. The van der Waals surface area contributed by atoms with Gasteiger partial charge in [-0.15, -0.1) is 0 Å². The number of hydrogen-bond acceptors (Lipinski definition) is 4. The fraction of sp³-hybridized carbons (Fsp3) is 0.154. The van der Waals surface area contributed by atoms with Gasteiger partial charge in [-0.2, -0.15) is 13.2 Å². The van der Waals surface area contributed by atoms with Crippen LogP contribution in [-0.4, -0.2) is 21.5 Å². The van der Waals surface area contributed by atoms with Crippen molar-refractivity contribution in [1.29, 1.82) is 0 Å². The van der Waals surface area contributed by atoms with Crippen molar-refractivity contribution in [3.63, 3.8) is 0 Å². The van der Waals surface area contributed by atoms with Gasteiger partial charge >= 0.3 is 12.1 Å². The second-order valence-corrected chi connectivity index (χ2v) is 5.96. The van der Waals surface area contributed by atoms with Gasteiger partial charge in [-0.25, -0.2) is 13.2 Å². The molecule has 1 heterocycles. The summed E-state index contributed by atoms with van der Waals surface area (Å²) in [6.07, 6.45) is -3.54. The molecule has 0 aliphatic carbocycles. The Balaban J connectivity index is 2.50. The summed E-state index contributed by atoms with van der Waals surface area (Å²) in [5, 5.41) is 0.745. The molecule has 1 aromatic carbocycles. The Labute approximate surface area is 118 Å². The predicted octanol–water partition coefficient (Wildman–Crippen LogP) is 2.53. The van der Waals surface area contributed by atoms with E-state index in [9.17, 15) is 26.4 Å². The van der Waals surface area contributed by atoms with Gasteiger partial charge in [0, 0.05) is 5.41 Å². The van der Waals surface area contributed by atoms with Gasteiger partial charge in [-0.1, -0.05) is 12.1 Å². The van der Waals surface area contributed by atoms with E-state index in [1.807, 2.05) is 0 Å². The van der Waals surface area contributed by atoms with Crippen molar-refractivity contribution >= 4 is 21.4 Å². The molecule has 0 spiro atoms. The van der Waals surface area contributed by atoms with Crippen LogP contribution in [-0.2, 0) is 25.5 Å². The number of hydrogen-bond donors (Lipinski definition) is 0. The van der Waals surface area contributed by atoms with Gasteiger partial charge in [0.1, 0.15) is 0 Å². The molecule has 2 rings (SSSR count). The number of rotatable bonds is 2. The molecule has 0 fully saturated rings. The normalized spacial score (nSPS) is 17.1. The molecular weight excluding hydrogens is 309 g/mol. The summed E-state index contributed by atoms with van der Waals surface area (Å²) in [5.74, 6) is -1.06. The van der Waals surface area contributed by atoms with Crippen LogP contribution in [0.15, 0.2) is 40.7 Å². The van der Waals surface area contributed by atoms with E-state index < -0.39 is 32.5 Å². The highest BCUT2D eigenvalue weighted by molar-refractivity contribution is 7.99. The molecule has 8 heteroatoms. The van der Waals surface area contributed by atoms with Crippen molar-refractivity contribution in [2.75, 3.05) is 7.11 Å². The summed E-state index contributed by atoms with van der Waals surface area (Å²) < 4.78 is 65.8. The molecule has 0 radical (unpaired) electrons. The molecule has 0 bridgehead atoms. The summed E-state index contributed by atoms with van der Waals surface area (Å²) in [7, 11) is -2.99. The molecule has 0 saturated carbocycles. The number of ether oxygens (including phenoxy) is 1.